The van der Waals surface area contributed by atoms with E-state index < -0.39 is 0 Å². The number of aliphatic imine (C=N–C) groups is 2. The molecular weight excluding hydrogens is 983 g/mol. The van der Waals surface area contributed by atoms with Crippen molar-refractivity contribution in [2.75, 3.05) is 131 Å². The highest BCUT2D eigenvalue weighted by molar-refractivity contribution is 5.79. The lowest BCUT2D eigenvalue weighted by atomic mass is 9.82. The first-order chi connectivity index (χ1) is 37.0. The van der Waals surface area contributed by atoms with Gasteiger partial charge in [0, 0.05) is 101 Å². The number of likely N-dealkylation sites (N-methyl/N-ethyl adjacent to an activating group) is 1. The minimum atomic E-state index is -0.316. The van der Waals surface area contributed by atoms with Crippen molar-refractivity contribution in [2.45, 2.75) is 84.2 Å². The number of amides is 2. The predicted molar refractivity (Wildman–Crippen MR) is 311 cm³/mol. The van der Waals surface area contributed by atoms with E-state index in [4.69, 9.17) is 14.3 Å². The van der Waals surface area contributed by atoms with Crippen molar-refractivity contribution in [3.8, 4) is 5.75 Å². The quantitative estimate of drug-likeness (QED) is 0.0244. The first-order valence-electron chi connectivity index (χ1n) is 27.0. The van der Waals surface area contributed by atoms with E-state index in [9.17, 15) is 18.4 Å². The molecule has 0 bridgehead atoms. The van der Waals surface area contributed by atoms with E-state index in [1.165, 1.54) is 77.1 Å². The van der Waals surface area contributed by atoms with Crippen LogP contribution in [0.2, 0.25) is 0 Å². The number of nitrogens with zero attached hydrogens (tertiary/aromatic N) is 7. The molecule has 5 heterocycles. The summed E-state index contributed by atoms with van der Waals surface area (Å²) in [5.41, 5.74) is 3.99. The molecule has 1 unspecified atom stereocenters. The fraction of sp³-hybridized carbons (Fsp3) is 0.586. The second kappa shape index (κ2) is 38.0. The van der Waals surface area contributed by atoms with Crippen molar-refractivity contribution in [2.24, 2.45) is 21.3 Å². The summed E-state index contributed by atoms with van der Waals surface area (Å²) >= 11 is 0. The number of piperazine rings is 2. The van der Waals surface area contributed by atoms with Crippen LogP contribution in [0.4, 0.5) is 14.5 Å². The second-order valence-corrected chi connectivity index (χ2v) is 20.8. The van der Waals surface area contributed by atoms with Crippen molar-refractivity contribution in [1.29, 1.82) is 0 Å². The van der Waals surface area contributed by atoms with Crippen LogP contribution in [-0.2, 0) is 20.9 Å². The van der Waals surface area contributed by atoms with Crippen LogP contribution in [0.5, 0.6) is 5.75 Å². The van der Waals surface area contributed by atoms with Gasteiger partial charge in [-0.2, -0.15) is 0 Å². The Hall–Kier alpha value is -5.70. The first-order valence-corrected chi connectivity index (χ1v) is 27.0. The van der Waals surface area contributed by atoms with Crippen molar-refractivity contribution < 1.29 is 32.7 Å². The molecule has 5 aliphatic rings. The maximum atomic E-state index is 13.7. The van der Waals surface area contributed by atoms with E-state index in [0.29, 0.717) is 60.3 Å². The lowest BCUT2D eigenvalue weighted by Crippen LogP contribution is -2.58. The summed E-state index contributed by atoms with van der Waals surface area (Å²) < 4.78 is 32.4. The highest BCUT2D eigenvalue weighted by Crippen LogP contribution is 2.33. The number of aryl methyl sites for hydroxylation is 1. The minimum Gasteiger partial charge on any atom is -0.495 e. The topological polar surface area (TPSA) is 178 Å². The summed E-state index contributed by atoms with van der Waals surface area (Å²) in [5, 5.41) is 14.9. The number of benzene rings is 2. The molecule has 5 fully saturated rings. The number of aldehydes is 2. The fourth-order valence-electron chi connectivity index (χ4n) is 8.95. The molecule has 5 aliphatic heterocycles. The van der Waals surface area contributed by atoms with Gasteiger partial charge in [-0.15, -0.1) is 13.2 Å². The molecule has 7 rings (SSSR count). The smallest absolute Gasteiger partial charge is 0.213 e. The Balaban J connectivity index is 0.000000343. The monoisotopic (exact) mass is 1080 g/mol. The molecule has 0 radical (unpaired) electrons. The third-order valence-corrected chi connectivity index (χ3v) is 14.0. The lowest BCUT2D eigenvalue weighted by molar-refractivity contribution is -0.117. The van der Waals surface area contributed by atoms with Crippen molar-refractivity contribution in [3.63, 3.8) is 0 Å². The largest absolute Gasteiger partial charge is 0.495 e. The van der Waals surface area contributed by atoms with Crippen LogP contribution in [-0.4, -0.2) is 190 Å². The van der Waals surface area contributed by atoms with Gasteiger partial charge in [-0.1, -0.05) is 27.0 Å². The summed E-state index contributed by atoms with van der Waals surface area (Å²) in [6.07, 6.45) is 14.0. The number of carbonyl (C=O) groups is 4. The Labute approximate surface area is 460 Å². The predicted octanol–water partition coefficient (Wildman–Crippen LogP) is 6.06. The Morgan fingerprint density at radius 1 is 0.857 bits per heavy atom. The van der Waals surface area contributed by atoms with Gasteiger partial charge >= 0.3 is 0 Å². The summed E-state index contributed by atoms with van der Waals surface area (Å²) in [6, 6.07) is 8.08. The number of imide groups is 1. The Bertz CT molecular complexity index is 2090. The molecule has 2 aromatic rings. The van der Waals surface area contributed by atoms with E-state index in [0.717, 1.165) is 114 Å². The molecule has 430 valence electrons. The van der Waals surface area contributed by atoms with E-state index in [1.807, 2.05) is 25.4 Å². The van der Waals surface area contributed by atoms with E-state index >= 15 is 0 Å². The number of piperidine rings is 2. The molecule has 19 heteroatoms. The number of hydrogen-bond donors (Lipinski definition) is 5. The van der Waals surface area contributed by atoms with Gasteiger partial charge in [0.2, 0.25) is 12.8 Å². The van der Waals surface area contributed by atoms with Gasteiger partial charge in [0.05, 0.1) is 18.3 Å². The zero-order valence-electron chi connectivity index (χ0n) is 47.7. The Kier molecular flexibility index (Phi) is 33.2. The molecule has 0 aromatic heterocycles. The SMILES string of the molecule is C=C.C=C1CNCC(CCC=N/C=N\C(=C)NCCC=O)(CCNC)N1.CN1CCC(CN2CCN(C)CC2)CC1.COc1ccc(C=O)cc1N1CC1.Cc1cc(F)c(CN2CCC(C)(C)CC2)cc1F.O=CNC=O. The first kappa shape index (κ1) is 67.4. The molecular formula is C58H94F2N12O5. The van der Waals surface area contributed by atoms with Gasteiger partial charge < -0.3 is 55.7 Å². The molecule has 0 aliphatic carbocycles. The molecule has 17 nitrogen and oxygen atoms in total. The van der Waals surface area contributed by atoms with Crippen LogP contribution in [0.1, 0.15) is 86.7 Å². The zero-order valence-corrected chi connectivity index (χ0v) is 47.7. The van der Waals surface area contributed by atoms with Crippen molar-refractivity contribution in [3.05, 3.63) is 96.5 Å². The Morgan fingerprint density at radius 3 is 2.09 bits per heavy atom. The van der Waals surface area contributed by atoms with Crippen molar-refractivity contribution in [1.82, 2.24) is 46.2 Å². The van der Waals surface area contributed by atoms with Gasteiger partial charge in [-0.25, -0.2) is 18.8 Å². The molecule has 2 aromatic carbocycles. The average molecular weight is 1080 g/mol. The van der Waals surface area contributed by atoms with Crippen LogP contribution >= 0.6 is 0 Å². The summed E-state index contributed by atoms with van der Waals surface area (Å²) in [6.45, 7) is 36.7. The average Bonchev–Trinajstić information content (AvgIpc) is 4.28. The third-order valence-electron chi connectivity index (χ3n) is 14.0. The minimum absolute atomic E-state index is 0.0154. The summed E-state index contributed by atoms with van der Waals surface area (Å²) in [4.78, 5) is 59.0. The van der Waals surface area contributed by atoms with Crippen molar-refractivity contribution >= 4 is 43.6 Å². The van der Waals surface area contributed by atoms with Crippen LogP contribution in [0.15, 0.2) is 78.2 Å². The fourth-order valence-corrected chi connectivity index (χ4v) is 8.95. The van der Waals surface area contributed by atoms with Gasteiger partial charge in [0.25, 0.3) is 0 Å². The molecule has 5 N–H and O–H groups in total. The van der Waals surface area contributed by atoms with Crippen LogP contribution < -0.4 is 36.2 Å². The third kappa shape index (κ3) is 28.0. The van der Waals surface area contributed by atoms with Gasteiger partial charge in [0.1, 0.15) is 42.1 Å². The standard InChI is InChI=1S/C17H30N6O.C15H21F2N.C12H25N3.C10H11NO2.C2H3NO2.C2H4/c1-15-12-20-13-17(23-15,7-10-18-3)6-4-8-19-14-22-16(2)21-9-5-11-24;1-11-8-14(17)12(9-13(11)16)10-18-6-4-15(2,3)5-7-18;1-13-5-3-12(4-6-13)11-15-9-7-14(2)8-10-15;1-13-10-3-2-8(7-12)6-9(10)11-4-5-11;4-1-3-2-5;1-2/h8,11,14,18,20-21,23H,1-2,4-7,9-10,12-13H2,3H3;8-9H,4-7,10H2,1-3H3;12H,3-11H2,1-2H3;2-3,6-7H,4-5H2,1H3;1-2H,(H,3,4,5);1-2H2/b19-8?,22-14-;;;;;. The number of anilines is 1. The maximum Gasteiger partial charge on any atom is 0.213 e. The summed E-state index contributed by atoms with van der Waals surface area (Å²) in [5.74, 6) is 1.70. The molecule has 1 atom stereocenters. The van der Waals surface area contributed by atoms with Crippen LogP contribution in [0, 0.1) is 29.9 Å². The molecule has 0 spiro atoms. The number of rotatable bonds is 21. The van der Waals surface area contributed by atoms with E-state index in [2.05, 4.69) is 110 Å². The van der Waals surface area contributed by atoms with Crippen LogP contribution in [0.25, 0.3) is 0 Å². The number of likely N-dealkylation sites (tertiary alicyclic amines) is 2. The maximum absolute atomic E-state index is 13.7. The highest BCUT2D eigenvalue weighted by Gasteiger charge is 2.32. The van der Waals surface area contributed by atoms with Crippen LogP contribution in [0.3, 0.4) is 0 Å². The normalized spacial score (nSPS) is 19.6. The molecule has 2 amide bonds. The van der Waals surface area contributed by atoms with E-state index in [-0.39, 0.29) is 17.2 Å². The second-order valence-electron chi connectivity index (χ2n) is 20.8. The molecule has 5 saturated heterocycles. The number of hydrogen-bond acceptors (Lipinski definition) is 15. The molecule has 0 saturated carbocycles. The molecule has 77 heavy (non-hydrogen) atoms. The highest BCUT2D eigenvalue weighted by atomic mass is 19.1. The van der Waals surface area contributed by atoms with Gasteiger partial charge in [-0.3, -0.25) is 19.3 Å². The van der Waals surface area contributed by atoms with E-state index in [1.54, 1.807) is 25.4 Å². The lowest BCUT2D eigenvalue weighted by Gasteiger charge is -2.40. The number of ether oxygens (including phenoxy) is 1. The number of halogens is 2. The zero-order chi connectivity index (χ0) is 57.1. The summed E-state index contributed by atoms with van der Waals surface area (Å²) in [7, 11) is 8.08. The van der Waals surface area contributed by atoms with Gasteiger partial charge in [-0.05, 0) is 153 Å². The van der Waals surface area contributed by atoms with Gasteiger partial charge in [0.15, 0.2) is 0 Å². The Morgan fingerprint density at radius 2 is 1.52 bits per heavy atom. The number of methoxy groups -OCH3 is 1. The number of carbonyl (C=O) groups excluding carboxylic acids is 4. The number of nitrogens with one attached hydrogen (secondary N) is 5.